The average Bonchev–Trinajstić information content (AvgIpc) is 2.91. The molecule has 1 saturated heterocycles. The first-order valence-corrected chi connectivity index (χ1v) is 8.19. The minimum Gasteiger partial charge on any atom is -0.378 e. The molecule has 0 amide bonds. The molecular weight excluding hydrogens is 318 g/mol. The van der Waals surface area contributed by atoms with Crippen LogP contribution in [0.3, 0.4) is 0 Å². The fourth-order valence-electron chi connectivity index (χ4n) is 2.55. The van der Waals surface area contributed by atoms with Crippen LogP contribution < -0.4 is 10.6 Å². The lowest BCUT2D eigenvalue weighted by Crippen LogP contribution is -2.31. The molecule has 10 heteroatoms. The Bertz CT molecular complexity index is 679. The van der Waals surface area contributed by atoms with Crippen molar-refractivity contribution < 1.29 is 4.92 Å². The van der Waals surface area contributed by atoms with E-state index in [2.05, 4.69) is 25.2 Å². The molecule has 0 bridgehead atoms. The molecule has 0 spiro atoms. The summed E-state index contributed by atoms with van der Waals surface area (Å²) in [5.74, 6) is 0.354. The second kappa shape index (κ2) is 6.84. The minimum absolute atomic E-state index is 0.0939. The van der Waals surface area contributed by atoms with E-state index in [-0.39, 0.29) is 11.5 Å². The van der Waals surface area contributed by atoms with Crippen molar-refractivity contribution in [1.29, 1.82) is 0 Å². The highest BCUT2D eigenvalue weighted by Gasteiger charge is 2.20. The van der Waals surface area contributed by atoms with Crippen molar-refractivity contribution in [3.63, 3.8) is 0 Å². The second-order valence-electron chi connectivity index (χ2n) is 5.29. The van der Waals surface area contributed by atoms with E-state index in [0.717, 1.165) is 44.8 Å². The maximum atomic E-state index is 10.8. The van der Waals surface area contributed by atoms with Gasteiger partial charge in [-0.05, 0) is 6.42 Å². The van der Waals surface area contributed by atoms with Crippen LogP contribution in [0.5, 0.6) is 0 Å². The van der Waals surface area contributed by atoms with Crippen LogP contribution in [0.25, 0.3) is 0 Å². The summed E-state index contributed by atoms with van der Waals surface area (Å²) in [5.41, 5.74) is 8.32. The van der Waals surface area contributed by atoms with Crippen LogP contribution in [0.2, 0.25) is 0 Å². The minimum atomic E-state index is -0.572. The molecule has 2 aromatic rings. The molecule has 3 heterocycles. The van der Waals surface area contributed by atoms with Gasteiger partial charge >= 0.3 is 5.69 Å². The summed E-state index contributed by atoms with van der Waals surface area (Å²) in [6, 6.07) is 0. The summed E-state index contributed by atoms with van der Waals surface area (Å²) in [6.45, 7) is 4.21. The normalized spacial score (nSPS) is 16.3. The molecule has 0 saturated carbocycles. The Balaban J connectivity index is 1.65. The summed E-state index contributed by atoms with van der Waals surface area (Å²) in [5, 5.41) is 12.8. The zero-order valence-electron chi connectivity index (χ0n) is 12.5. The summed E-state index contributed by atoms with van der Waals surface area (Å²) < 4.78 is 0. The van der Waals surface area contributed by atoms with Gasteiger partial charge in [0.05, 0.1) is 16.1 Å². The Morgan fingerprint density at radius 3 is 2.87 bits per heavy atom. The number of anilines is 2. The molecule has 1 aliphatic rings. The lowest BCUT2D eigenvalue weighted by Gasteiger charge is -2.21. The second-order valence-corrected chi connectivity index (χ2v) is 6.01. The number of thiazole rings is 1. The van der Waals surface area contributed by atoms with Crippen molar-refractivity contribution in [3.05, 3.63) is 32.9 Å². The van der Waals surface area contributed by atoms with Gasteiger partial charge in [0.15, 0.2) is 0 Å². The first-order chi connectivity index (χ1) is 11.1. The van der Waals surface area contributed by atoms with Crippen LogP contribution in [-0.2, 0) is 6.54 Å². The summed E-state index contributed by atoms with van der Waals surface area (Å²) in [6.07, 6.45) is 2.14. The Labute approximate surface area is 136 Å². The van der Waals surface area contributed by atoms with Gasteiger partial charge in [-0.2, -0.15) is 4.98 Å². The van der Waals surface area contributed by atoms with Crippen LogP contribution >= 0.6 is 11.3 Å². The standard InChI is InChI=1S/C13H17N7O2S/c14-12-11(20(21)22)6-15-13(17-12)19-3-1-2-18(4-5-19)7-10-8-23-9-16-10/h6,8-9H,1-5,7H2,(H2,14,15,17). The fourth-order valence-corrected chi connectivity index (χ4v) is 3.10. The van der Waals surface area contributed by atoms with Crippen molar-refractivity contribution in [2.75, 3.05) is 36.8 Å². The molecule has 2 aromatic heterocycles. The third kappa shape index (κ3) is 3.71. The Hall–Kier alpha value is -2.33. The lowest BCUT2D eigenvalue weighted by atomic mass is 10.3. The highest BCUT2D eigenvalue weighted by atomic mass is 32.1. The van der Waals surface area contributed by atoms with Crippen LogP contribution in [0.1, 0.15) is 12.1 Å². The monoisotopic (exact) mass is 335 g/mol. The number of nitrogens with zero attached hydrogens (tertiary/aromatic N) is 6. The smallest absolute Gasteiger partial charge is 0.329 e. The molecule has 0 aromatic carbocycles. The predicted octanol–water partition coefficient (Wildman–Crippen LogP) is 1.14. The fraction of sp³-hybridized carbons (Fsp3) is 0.462. The van der Waals surface area contributed by atoms with E-state index < -0.39 is 4.92 Å². The van der Waals surface area contributed by atoms with Crippen molar-refractivity contribution >= 4 is 28.8 Å². The van der Waals surface area contributed by atoms with Crippen LogP contribution in [-0.4, -0.2) is 51.0 Å². The average molecular weight is 335 g/mol. The van der Waals surface area contributed by atoms with Gasteiger partial charge in [0.25, 0.3) is 0 Å². The van der Waals surface area contributed by atoms with Gasteiger partial charge in [0, 0.05) is 38.1 Å². The molecule has 0 radical (unpaired) electrons. The molecule has 2 N–H and O–H groups in total. The maximum Gasteiger partial charge on any atom is 0.329 e. The predicted molar refractivity (Wildman–Crippen MR) is 87.3 cm³/mol. The topological polar surface area (TPSA) is 114 Å². The van der Waals surface area contributed by atoms with E-state index in [0.29, 0.717) is 5.95 Å². The number of nitrogens with two attached hydrogens (primary N) is 1. The summed E-state index contributed by atoms with van der Waals surface area (Å²) >= 11 is 1.60. The van der Waals surface area contributed by atoms with Gasteiger partial charge in [-0.15, -0.1) is 11.3 Å². The van der Waals surface area contributed by atoms with Gasteiger partial charge in [0.1, 0.15) is 6.20 Å². The molecule has 0 unspecified atom stereocenters. The maximum absolute atomic E-state index is 10.8. The SMILES string of the molecule is Nc1nc(N2CCCN(Cc3cscn3)CC2)ncc1[N+](=O)[O-]. The number of hydrogen-bond acceptors (Lipinski definition) is 9. The lowest BCUT2D eigenvalue weighted by molar-refractivity contribution is -0.384. The van der Waals surface area contributed by atoms with Gasteiger partial charge < -0.3 is 10.6 Å². The summed E-state index contributed by atoms with van der Waals surface area (Å²) in [7, 11) is 0. The van der Waals surface area contributed by atoms with Crippen molar-refractivity contribution in [2.24, 2.45) is 0 Å². The zero-order valence-corrected chi connectivity index (χ0v) is 13.3. The molecule has 23 heavy (non-hydrogen) atoms. The number of nitro groups is 1. The van der Waals surface area contributed by atoms with Gasteiger partial charge in [-0.25, -0.2) is 9.97 Å². The molecular formula is C13H17N7O2S. The van der Waals surface area contributed by atoms with Crippen LogP contribution in [0.15, 0.2) is 17.1 Å². The quantitative estimate of drug-likeness (QED) is 0.653. The molecule has 1 aliphatic heterocycles. The highest BCUT2D eigenvalue weighted by Crippen LogP contribution is 2.21. The van der Waals surface area contributed by atoms with Crippen LogP contribution in [0, 0.1) is 10.1 Å². The first-order valence-electron chi connectivity index (χ1n) is 7.25. The van der Waals surface area contributed by atoms with Gasteiger partial charge in [0.2, 0.25) is 11.8 Å². The van der Waals surface area contributed by atoms with E-state index >= 15 is 0 Å². The van der Waals surface area contributed by atoms with Gasteiger partial charge in [-0.1, -0.05) is 0 Å². The molecule has 0 atom stereocenters. The Morgan fingerprint density at radius 1 is 1.30 bits per heavy atom. The molecule has 0 aliphatic carbocycles. The van der Waals surface area contributed by atoms with Crippen molar-refractivity contribution in [3.8, 4) is 0 Å². The molecule has 9 nitrogen and oxygen atoms in total. The largest absolute Gasteiger partial charge is 0.378 e. The number of rotatable bonds is 4. The molecule has 1 fully saturated rings. The third-order valence-corrected chi connectivity index (χ3v) is 4.36. The van der Waals surface area contributed by atoms with E-state index in [4.69, 9.17) is 5.73 Å². The number of hydrogen-bond donors (Lipinski definition) is 1. The Kier molecular flexibility index (Phi) is 4.63. The molecule has 3 rings (SSSR count). The Morgan fingerprint density at radius 2 is 2.17 bits per heavy atom. The number of nitrogen functional groups attached to an aromatic ring is 1. The first kappa shape index (κ1) is 15.6. The molecule has 122 valence electrons. The van der Waals surface area contributed by atoms with Gasteiger partial charge in [-0.3, -0.25) is 15.0 Å². The van der Waals surface area contributed by atoms with Crippen LogP contribution in [0.4, 0.5) is 17.5 Å². The van der Waals surface area contributed by atoms with Crippen molar-refractivity contribution in [1.82, 2.24) is 19.9 Å². The van der Waals surface area contributed by atoms with E-state index in [1.54, 1.807) is 11.3 Å². The van der Waals surface area contributed by atoms with Crippen molar-refractivity contribution in [2.45, 2.75) is 13.0 Å². The highest BCUT2D eigenvalue weighted by molar-refractivity contribution is 7.07. The van der Waals surface area contributed by atoms with E-state index in [9.17, 15) is 10.1 Å². The van der Waals surface area contributed by atoms with E-state index in [1.165, 1.54) is 6.20 Å². The van der Waals surface area contributed by atoms with E-state index in [1.807, 2.05) is 10.4 Å². The third-order valence-electron chi connectivity index (χ3n) is 3.72. The number of aromatic nitrogens is 3. The zero-order chi connectivity index (χ0) is 16.2. The summed E-state index contributed by atoms with van der Waals surface area (Å²) in [4.78, 5) is 27.0.